The van der Waals surface area contributed by atoms with Gasteiger partial charge in [0.2, 0.25) is 0 Å². The molecule has 1 aromatic carbocycles. The minimum absolute atomic E-state index is 0.151. The molecule has 2 bridgehead atoms. The van der Waals surface area contributed by atoms with Gasteiger partial charge in [0.1, 0.15) is 0 Å². The van der Waals surface area contributed by atoms with Gasteiger partial charge in [-0.2, -0.15) is 0 Å². The van der Waals surface area contributed by atoms with Crippen LogP contribution in [0.5, 0.6) is 0 Å². The van der Waals surface area contributed by atoms with Gasteiger partial charge in [0.25, 0.3) is 0 Å². The molecule has 0 aliphatic heterocycles. The van der Waals surface area contributed by atoms with Crippen molar-refractivity contribution in [2.24, 2.45) is 22.7 Å². The molecule has 33 heavy (non-hydrogen) atoms. The van der Waals surface area contributed by atoms with E-state index in [9.17, 15) is 9.59 Å². The number of benzene rings is 1. The fourth-order valence-electron chi connectivity index (χ4n) is 6.51. The molecular formula is C31H38O2. The number of fused-ring (bicyclic) bond motifs is 6. The lowest BCUT2D eigenvalue weighted by Crippen LogP contribution is -2.56. The molecule has 1 fully saturated rings. The van der Waals surface area contributed by atoms with E-state index in [0.29, 0.717) is 17.5 Å². The van der Waals surface area contributed by atoms with Crippen molar-refractivity contribution < 1.29 is 9.59 Å². The SMILES string of the molecule is CC(C)=CCC/C(C)=C/CC/C(C)=C/CC12C(=O)c3ccccc3C(=O)C1(C)C1C=CC2C1. The molecule has 3 aliphatic carbocycles. The number of hydrogen-bond acceptors (Lipinski definition) is 2. The van der Waals surface area contributed by atoms with Gasteiger partial charge in [0.05, 0.1) is 10.8 Å². The van der Waals surface area contributed by atoms with Gasteiger partial charge < -0.3 is 0 Å². The second-order valence-corrected chi connectivity index (χ2v) is 10.9. The number of hydrogen-bond donors (Lipinski definition) is 0. The smallest absolute Gasteiger partial charge is 0.171 e. The van der Waals surface area contributed by atoms with E-state index in [1.165, 1.54) is 16.7 Å². The maximum absolute atomic E-state index is 14.0. The van der Waals surface area contributed by atoms with Crippen molar-refractivity contribution in [2.75, 3.05) is 0 Å². The third-order valence-corrected chi connectivity index (χ3v) is 8.57. The molecule has 0 aromatic heterocycles. The van der Waals surface area contributed by atoms with Crippen LogP contribution in [-0.2, 0) is 0 Å². The third kappa shape index (κ3) is 3.82. The Kier molecular flexibility index (Phi) is 6.49. The molecule has 3 aliphatic rings. The van der Waals surface area contributed by atoms with Crippen molar-refractivity contribution in [1.82, 2.24) is 0 Å². The van der Waals surface area contributed by atoms with E-state index in [1.54, 1.807) is 0 Å². The summed E-state index contributed by atoms with van der Waals surface area (Å²) in [6.07, 6.45) is 17.1. The van der Waals surface area contributed by atoms with Crippen molar-refractivity contribution in [3.05, 3.63) is 82.5 Å². The molecule has 0 saturated heterocycles. The molecule has 4 atom stereocenters. The Hall–Kier alpha value is -2.48. The topological polar surface area (TPSA) is 34.1 Å². The molecule has 1 saturated carbocycles. The number of Topliss-reactive ketones (excluding diaryl/α,β-unsaturated/α-hetero) is 2. The molecule has 0 radical (unpaired) electrons. The molecule has 0 N–H and O–H groups in total. The van der Waals surface area contributed by atoms with Crippen LogP contribution in [0.4, 0.5) is 0 Å². The fraction of sp³-hybridized carbons (Fsp3) is 0.484. The Morgan fingerprint density at radius 2 is 1.42 bits per heavy atom. The van der Waals surface area contributed by atoms with E-state index in [4.69, 9.17) is 0 Å². The van der Waals surface area contributed by atoms with Crippen molar-refractivity contribution in [1.29, 1.82) is 0 Å². The number of rotatable bonds is 8. The molecule has 0 heterocycles. The Morgan fingerprint density at radius 1 is 0.848 bits per heavy atom. The second-order valence-electron chi connectivity index (χ2n) is 10.9. The second kappa shape index (κ2) is 9.05. The zero-order valence-electron chi connectivity index (χ0n) is 20.9. The minimum Gasteiger partial charge on any atom is -0.293 e. The molecule has 174 valence electrons. The number of carbonyl (C=O) groups excluding carboxylic acids is 2. The van der Waals surface area contributed by atoms with Gasteiger partial charge in [-0.15, -0.1) is 0 Å². The maximum atomic E-state index is 14.0. The van der Waals surface area contributed by atoms with Crippen LogP contribution >= 0.6 is 0 Å². The summed E-state index contributed by atoms with van der Waals surface area (Å²) in [4.78, 5) is 27.8. The lowest BCUT2D eigenvalue weighted by atomic mass is 9.49. The van der Waals surface area contributed by atoms with Gasteiger partial charge in [-0.05, 0) is 78.1 Å². The largest absolute Gasteiger partial charge is 0.293 e. The highest BCUT2D eigenvalue weighted by Crippen LogP contribution is 2.69. The van der Waals surface area contributed by atoms with Gasteiger partial charge in [-0.25, -0.2) is 0 Å². The Bertz CT molecular complexity index is 1080. The summed E-state index contributed by atoms with van der Waals surface area (Å²) < 4.78 is 0. The first-order valence-corrected chi connectivity index (χ1v) is 12.5. The summed E-state index contributed by atoms with van der Waals surface area (Å²) in [5.41, 5.74) is 4.09. The highest BCUT2D eigenvalue weighted by atomic mass is 16.1. The number of allylic oxidation sites excluding steroid dienone is 8. The molecule has 0 spiro atoms. The van der Waals surface area contributed by atoms with E-state index >= 15 is 0 Å². The molecule has 1 aromatic rings. The normalized spacial score (nSPS) is 30.5. The predicted octanol–water partition coefficient (Wildman–Crippen LogP) is 8.07. The third-order valence-electron chi connectivity index (χ3n) is 8.57. The first-order valence-electron chi connectivity index (χ1n) is 12.5. The van der Waals surface area contributed by atoms with E-state index < -0.39 is 10.8 Å². The standard InChI is InChI=1S/C31H38O2/c1-21(2)10-8-11-22(3)12-9-13-23(4)18-19-31-25-17-16-24(20-25)30(31,5)28(32)26-14-6-7-15-27(26)29(31)33/h6-7,10,12,14-18,24-25H,8-9,11,13,19-20H2,1-5H3/b22-12+,23-18+. The summed E-state index contributed by atoms with van der Waals surface area (Å²) in [5, 5.41) is 0. The van der Waals surface area contributed by atoms with Crippen LogP contribution < -0.4 is 0 Å². The number of carbonyl (C=O) groups is 2. The van der Waals surface area contributed by atoms with E-state index in [1.807, 2.05) is 24.3 Å². The molecule has 2 nitrogen and oxygen atoms in total. The van der Waals surface area contributed by atoms with Crippen LogP contribution in [0, 0.1) is 22.7 Å². The van der Waals surface area contributed by atoms with Crippen LogP contribution in [0.1, 0.15) is 93.9 Å². The van der Waals surface area contributed by atoms with Crippen molar-refractivity contribution in [3.8, 4) is 0 Å². The molecule has 2 heteroatoms. The molecule has 4 unspecified atom stereocenters. The zero-order chi connectivity index (χ0) is 23.8. The van der Waals surface area contributed by atoms with Gasteiger partial charge in [0, 0.05) is 11.1 Å². The summed E-state index contributed by atoms with van der Waals surface area (Å²) in [7, 11) is 0. The molecular weight excluding hydrogens is 404 g/mol. The van der Waals surface area contributed by atoms with Crippen molar-refractivity contribution in [2.45, 2.75) is 73.1 Å². The number of ketones is 2. The van der Waals surface area contributed by atoms with E-state index in [2.05, 4.69) is 65.0 Å². The maximum Gasteiger partial charge on any atom is 0.171 e. The summed E-state index contributed by atoms with van der Waals surface area (Å²) in [6, 6.07) is 7.46. The van der Waals surface area contributed by atoms with E-state index in [-0.39, 0.29) is 23.4 Å². The predicted molar refractivity (Wildman–Crippen MR) is 136 cm³/mol. The van der Waals surface area contributed by atoms with Crippen LogP contribution in [-0.4, -0.2) is 11.6 Å². The summed E-state index contributed by atoms with van der Waals surface area (Å²) >= 11 is 0. The van der Waals surface area contributed by atoms with Crippen LogP contribution in [0.25, 0.3) is 0 Å². The Morgan fingerprint density at radius 3 is 2.09 bits per heavy atom. The lowest BCUT2D eigenvalue weighted by molar-refractivity contribution is 0.0242. The van der Waals surface area contributed by atoms with Crippen molar-refractivity contribution >= 4 is 11.6 Å². The minimum atomic E-state index is -0.644. The van der Waals surface area contributed by atoms with Crippen LogP contribution in [0.3, 0.4) is 0 Å². The van der Waals surface area contributed by atoms with Crippen molar-refractivity contribution in [3.63, 3.8) is 0 Å². The zero-order valence-corrected chi connectivity index (χ0v) is 20.9. The average molecular weight is 443 g/mol. The Labute approximate surface area is 199 Å². The quantitative estimate of drug-likeness (QED) is 0.381. The molecule has 0 amide bonds. The average Bonchev–Trinajstić information content (AvgIpc) is 3.36. The summed E-state index contributed by atoms with van der Waals surface area (Å²) in [6.45, 7) is 10.7. The first-order chi connectivity index (χ1) is 15.7. The Balaban J connectivity index is 1.53. The van der Waals surface area contributed by atoms with Gasteiger partial charge in [-0.3, -0.25) is 9.59 Å². The van der Waals surface area contributed by atoms with Crippen LogP contribution in [0.2, 0.25) is 0 Å². The highest BCUT2D eigenvalue weighted by molar-refractivity contribution is 6.20. The van der Waals surface area contributed by atoms with E-state index in [0.717, 1.165) is 32.1 Å². The monoisotopic (exact) mass is 442 g/mol. The fourth-order valence-corrected chi connectivity index (χ4v) is 6.51. The van der Waals surface area contributed by atoms with Gasteiger partial charge in [0.15, 0.2) is 11.6 Å². The highest BCUT2D eigenvalue weighted by Gasteiger charge is 2.71. The summed E-state index contributed by atoms with van der Waals surface area (Å²) in [5.74, 6) is 0.651. The van der Waals surface area contributed by atoms with Gasteiger partial charge in [-0.1, -0.05) is 78.3 Å². The lowest BCUT2D eigenvalue weighted by Gasteiger charge is -2.50. The first kappa shape index (κ1) is 23.7. The van der Waals surface area contributed by atoms with Gasteiger partial charge >= 0.3 is 0 Å². The molecule has 4 rings (SSSR count). The van der Waals surface area contributed by atoms with Crippen LogP contribution in [0.15, 0.2) is 71.4 Å².